The van der Waals surface area contributed by atoms with E-state index in [1.165, 1.54) is 43.8 Å². The molecule has 2 aliphatic rings. The number of aliphatic imine (C=N–C) groups is 1. The van der Waals surface area contributed by atoms with E-state index in [0.717, 1.165) is 19.4 Å². The van der Waals surface area contributed by atoms with Crippen LogP contribution in [0.15, 0.2) is 16.6 Å². The maximum absolute atomic E-state index is 4.74. The van der Waals surface area contributed by atoms with Crippen LogP contribution in [0, 0.1) is 5.41 Å². The monoisotopic (exact) mass is 234 g/mol. The normalized spacial score (nSPS) is 22.9. The highest BCUT2D eigenvalue weighted by atomic mass is 15.3. The van der Waals surface area contributed by atoms with E-state index in [1.54, 1.807) is 0 Å². The third kappa shape index (κ3) is 2.41. The Kier molecular flexibility index (Phi) is 3.90. The second kappa shape index (κ2) is 5.24. The maximum Gasteiger partial charge on any atom is 0.126 e. The smallest absolute Gasteiger partial charge is 0.126 e. The molecule has 2 aliphatic heterocycles. The van der Waals surface area contributed by atoms with Crippen LogP contribution in [-0.4, -0.2) is 30.4 Å². The molecule has 1 fully saturated rings. The molecule has 2 heteroatoms. The minimum absolute atomic E-state index is 0.591. The van der Waals surface area contributed by atoms with Gasteiger partial charge in [-0.3, -0.25) is 4.99 Å². The lowest BCUT2D eigenvalue weighted by Gasteiger charge is -2.52. The third-order valence-corrected chi connectivity index (χ3v) is 4.33. The summed E-state index contributed by atoms with van der Waals surface area (Å²) in [6, 6.07) is 0. The molecule has 0 aliphatic carbocycles. The molecule has 17 heavy (non-hydrogen) atoms. The molecule has 0 atom stereocenters. The van der Waals surface area contributed by atoms with Crippen molar-refractivity contribution in [2.75, 3.05) is 19.6 Å². The van der Waals surface area contributed by atoms with Crippen LogP contribution in [0.2, 0.25) is 0 Å². The van der Waals surface area contributed by atoms with E-state index in [-0.39, 0.29) is 0 Å². The van der Waals surface area contributed by atoms with Gasteiger partial charge in [-0.2, -0.15) is 0 Å². The minimum atomic E-state index is 0.591. The molecule has 0 aromatic heterocycles. The van der Waals surface area contributed by atoms with E-state index in [4.69, 9.17) is 4.99 Å². The number of likely N-dealkylation sites (tertiary alicyclic amines) is 1. The molecule has 0 amide bonds. The molecule has 0 bridgehead atoms. The Morgan fingerprint density at radius 3 is 2.65 bits per heavy atom. The molecule has 1 saturated heterocycles. The summed E-state index contributed by atoms with van der Waals surface area (Å²) in [6.07, 6.45) is 8.64. The van der Waals surface area contributed by atoms with Crippen molar-refractivity contribution in [1.82, 2.24) is 4.90 Å². The van der Waals surface area contributed by atoms with Crippen molar-refractivity contribution < 1.29 is 0 Å². The molecule has 96 valence electrons. The number of hydrogen-bond donors (Lipinski definition) is 0. The van der Waals surface area contributed by atoms with E-state index in [2.05, 4.69) is 31.7 Å². The molecule has 0 unspecified atom stereocenters. The van der Waals surface area contributed by atoms with Crippen molar-refractivity contribution >= 4 is 5.84 Å². The highest BCUT2D eigenvalue weighted by Gasteiger charge is 2.42. The summed E-state index contributed by atoms with van der Waals surface area (Å²) in [5, 5.41) is 0. The van der Waals surface area contributed by atoms with Crippen LogP contribution in [0.25, 0.3) is 0 Å². The Labute approximate surface area is 106 Å². The molecule has 0 spiro atoms. The maximum atomic E-state index is 4.74. The fraction of sp³-hybridized carbons (Fsp3) is 0.800. The largest absolute Gasteiger partial charge is 0.355 e. The first-order chi connectivity index (χ1) is 8.24. The quantitative estimate of drug-likeness (QED) is 0.725. The second-order valence-electron chi connectivity index (χ2n) is 5.54. The molecule has 0 saturated carbocycles. The summed E-state index contributed by atoms with van der Waals surface area (Å²) in [5.41, 5.74) is 2.06. The predicted octanol–water partition coefficient (Wildman–Crippen LogP) is 3.64. The Morgan fingerprint density at radius 2 is 2.06 bits per heavy atom. The highest BCUT2D eigenvalue weighted by Crippen LogP contribution is 2.39. The van der Waals surface area contributed by atoms with Crippen molar-refractivity contribution in [3.63, 3.8) is 0 Å². The van der Waals surface area contributed by atoms with Crippen LogP contribution in [0.5, 0.6) is 0 Å². The average molecular weight is 234 g/mol. The van der Waals surface area contributed by atoms with Crippen LogP contribution in [-0.2, 0) is 0 Å². The van der Waals surface area contributed by atoms with E-state index in [1.807, 2.05) is 0 Å². The molecule has 0 aromatic rings. The fourth-order valence-corrected chi connectivity index (χ4v) is 3.21. The Hall–Kier alpha value is -0.790. The molecule has 0 N–H and O–H groups in total. The Bertz CT molecular complexity index is 322. The standard InChI is InChI=1S/C15H26N2/c1-4-9-15(6-3)11-17(12-15)14-13(5-2)8-7-10-16-14/h8H,4-7,9-12H2,1-3H3. The van der Waals surface area contributed by atoms with Crippen molar-refractivity contribution in [2.24, 2.45) is 10.4 Å². The lowest BCUT2D eigenvalue weighted by molar-refractivity contribution is 0.0444. The van der Waals surface area contributed by atoms with Crippen molar-refractivity contribution in [3.8, 4) is 0 Å². The first kappa shape index (κ1) is 12.7. The summed E-state index contributed by atoms with van der Waals surface area (Å²) < 4.78 is 0. The zero-order valence-corrected chi connectivity index (χ0v) is 11.6. The Balaban J connectivity index is 1.99. The van der Waals surface area contributed by atoms with Gasteiger partial charge in [-0.15, -0.1) is 0 Å². The summed E-state index contributed by atoms with van der Waals surface area (Å²) in [7, 11) is 0. The molecular formula is C15H26N2. The van der Waals surface area contributed by atoms with Crippen LogP contribution < -0.4 is 0 Å². The van der Waals surface area contributed by atoms with Gasteiger partial charge in [0.1, 0.15) is 5.84 Å². The number of hydrogen-bond acceptors (Lipinski definition) is 2. The second-order valence-corrected chi connectivity index (χ2v) is 5.54. The number of amidine groups is 1. The first-order valence-electron chi connectivity index (χ1n) is 7.23. The van der Waals surface area contributed by atoms with Gasteiger partial charge in [0.15, 0.2) is 0 Å². The van der Waals surface area contributed by atoms with E-state index < -0.39 is 0 Å². The van der Waals surface area contributed by atoms with Crippen molar-refractivity contribution in [1.29, 1.82) is 0 Å². The fourth-order valence-electron chi connectivity index (χ4n) is 3.21. The van der Waals surface area contributed by atoms with Crippen LogP contribution >= 0.6 is 0 Å². The van der Waals surface area contributed by atoms with E-state index in [0.29, 0.717) is 5.41 Å². The van der Waals surface area contributed by atoms with Crippen LogP contribution in [0.1, 0.15) is 52.9 Å². The van der Waals surface area contributed by atoms with Gasteiger partial charge >= 0.3 is 0 Å². The molecular weight excluding hydrogens is 208 g/mol. The zero-order chi connectivity index (χ0) is 12.3. The van der Waals surface area contributed by atoms with Crippen molar-refractivity contribution in [3.05, 3.63) is 11.6 Å². The molecule has 2 heterocycles. The van der Waals surface area contributed by atoms with E-state index >= 15 is 0 Å². The zero-order valence-electron chi connectivity index (χ0n) is 11.6. The van der Waals surface area contributed by atoms with Gasteiger partial charge in [0.2, 0.25) is 0 Å². The lowest BCUT2D eigenvalue weighted by atomic mass is 9.73. The summed E-state index contributed by atoms with van der Waals surface area (Å²) in [6.45, 7) is 10.3. The van der Waals surface area contributed by atoms with Gasteiger partial charge in [0.05, 0.1) is 0 Å². The molecule has 0 radical (unpaired) electrons. The van der Waals surface area contributed by atoms with Gasteiger partial charge in [0.25, 0.3) is 0 Å². The van der Waals surface area contributed by atoms with Gasteiger partial charge in [-0.05, 0) is 31.3 Å². The minimum Gasteiger partial charge on any atom is -0.355 e. The molecule has 2 nitrogen and oxygen atoms in total. The van der Waals surface area contributed by atoms with E-state index in [9.17, 15) is 0 Å². The third-order valence-electron chi connectivity index (χ3n) is 4.33. The summed E-state index contributed by atoms with van der Waals surface area (Å²) in [4.78, 5) is 7.25. The van der Waals surface area contributed by atoms with Crippen LogP contribution in [0.3, 0.4) is 0 Å². The topological polar surface area (TPSA) is 15.6 Å². The lowest BCUT2D eigenvalue weighted by Crippen LogP contribution is -2.58. The van der Waals surface area contributed by atoms with Gasteiger partial charge < -0.3 is 4.90 Å². The highest BCUT2D eigenvalue weighted by molar-refractivity contribution is 5.99. The first-order valence-corrected chi connectivity index (χ1v) is 7.23. The van der Waals surface area contributed by atoms with Crippen LogP contribution in [0.4, 0.5) is 0 Å². The SMILES string of the molecule is CCCC1(CC)CN(C2=NCCC=C2CC)C1. The molecule has 2 rings (SSSR count). The summed E-state index contributed by atoms with van der Waals surface area (Å²) >= 11 is 0. The number of dihydropyridines is 1. The Morgan fingerprint density at radius 1 is 1.29 bits per heavy atom. The number of rotatable bonds is 4. The van der Waals surface area contributed by atoms with Gasteiger partial charge in [-0.1, -0.05) is 33.3 Å². The molecule has 0 aromatic carbocycles. The van der Waals surface area contributed by atoms with Crippen molar-refractivity contribution in [2.45, 2.75) is 52.9 Å². The van der Waals surface area contributed by atoms with Gasteiger partial charge in [0, 0.05) is 25.0 Å². The number of nitrogens with zero attached hydrogens (tertiary/aromatic N) is 2. The predicted molar refractivity (Wildman–Crippen MR) is 74.5 cm³/mol. The summed E-state index contributed by atoms with van der Waals surface area (Å²) in [5.74, 6) is 1.30. The average Bonchev–Trinajstić information content (AvgIpc) is 2.33. The van der Waals surface area contributed by atoms with Gasteiger partial charge in [-0.25, -0.2) is 0 Å².